The molecule has 0 saturated heterocycles. The van der Waals surface area contributed by atoms with Gasteiger partial charge in [0, 0.05) is 18.0 Å². The highest BCUT2D eigenvalue weighted by Gasteiger charge is 2.42. The summed E-state index contributed by atoms with van der Waals surface area (Å²) >= 11 is 0. The number of aromatic nitrogens is 1. The van der Waals surface area contributed by atoms with Crippen molar-refractivity contribution in [2.45, 2.75) is 26.4 Å². The zero-order valence-corrected chi connectivity index (χ0v) is 9.74. The highest BCUT2D eigenvalue weighted by atomic mass is 16.1. The van der Waals surface area contributed by atoms with Gasteiger partial charge in [-0.25, -0.2) is 0 Å². The number of fused-ring (bicyclic) bond motifs is 1. The third kappa shape index (κ3) is 1.29. The molecular weight excluding hydrogens is 202 g/mol. The Morgan fingerprint density at radius 1 is 1.56 bits per heavy atom. The Hall–Kier alpha value is -1.60. The Labute approximate surface area is 94.9 Å². The summed E-state index contributed by atoms with van der Waals surface area (Å²) in [6, 6.07) is 5.63. The largest absolute Gasteiger partial charge is 0.328 e. The Morgan fingerprint density at radius 2 is 2.25 bits per heavy atom. The number of likely N-dealkylation sites (N-methyl/N-ethyl adjacent to an activating group) is 1. The SMILES string of the molecule is CNC1Cn2c(C#N)ccc2C(=O)C1(C)C. The van der Waals surface area contributed by atoms with Gasteiger partial charge in [-0.05, 0) is 19.2 Å². The lowest BCUT2D eigenvalue weighted by molar-refractivity contribution is 0.0715. The van der Waals surface area contributed by atoms with Gasteiger partial charge in [0.25, 0.3) is 0 Å². The second-order valence-corrected chi connectivity index (χ2v) is 4.72. The van der Waals surface area contributed by atoms with E-state index >= 15 is 0 Å². The van der Waals surface area contributed by atoms with Crippen LogP contribution in [-0.4, -0.2) is 23.4 Å². The molecule has 1 unspecified atom stereocenters. The molecule has 0 fully saturated rings. The lowest BCUT2D eigenvalue weighted by Gasteiger charge is -2.38. The van der Waals surface area contributed by atoms with Crippen LogP contribution in [0.2, 0.25) is 0 Å². The van der Waals surface area contributed by atoms with Crippen LogP contribution in [0.3, 0.4) is 0 Å². The third-order valence-corrected chi connectivity index (χ3v) is 3.50. The summed E-state index contributed by atoms with van der Waals surface area (Å²) in [5.74, 6) is 0.0969. The summed E-state index contributed by atoms with van der Waals surface area (Å²) in [5, 5.41) is 12.1. The number of hydrogen-bond acceptors (Lipinski definition) is 3. The maximum absolute atomic E-state index is 12.3. The predicted octanol–water partition coefficient (Wildman–Crippen LogP) is 1.17. The van der Waals surface area contributed by atoms with Crippen molar-refractivity contribution in [1.29, 1.82) is 5.26 Å². The van der Waals surface area contributed by atoms with Crippen LogP contribution in [0.25, 0.3) is 0 Å². The number of Topliss-reactive ketones (excluding diaryl/α,β-unsaturated/α-hetero) is 1. The molecule has 1 aliphatic rings. The number of nitrogens with zero attached hydrogens (tertiary/aromatic N) is 2. The summed E-state index contributed by atoms with van der Waals surface area (Å²) in [6.07, 6.45) is 0. The topological polar surface area (TPSA) is 57.8 Å². The van der Waals surface area contributed by atoms with Gasteiger partial charge in [-0.3, -0.25) is 4.79 Å². The fraction of sp³-hybridized carbons (Fsp3) is 0.500. The van der Waals surface area contributed by atoms with Crippen molar-refractivity contribution in [1.82, 2.24) is 9.88 Å². The average molecular weight is 217 g/mol. The van der Waals surface area contributed by atoms with Crippen molar-refractivity contribution >= 4 is 5.78 Å². The van der Waals surface area contributed by atoms with E-state index in [0.717, 1.165) is 0 Å². The highest BCUT2D eigenvalue weighted by molar-refractivity contribution is 6.00. The first-order chi connectivity index (χ1) is 7.52. The van der Waals surface area contributed by atoms with Crippen LogP contribution in [0, 0.1) is 16.7 Å². The number of ketones is 1. The highest BCUT2D eigenvalue weighted by Crippen LogP contribution is 2.32. The number of nitriles is 1. The molecule has 4 nitrogen and oxygen atoms in total. The van der Waals surface area contributed by atoms with Gasteiger partial charge in [0.15, 0.2) is 5.78 Å². The first-order valence-corrected chi connectivity index (χ1v) is 5.34. The minimum atomic E-state index is -0.421. The minimum absolute atomic E-state index is 0.0620. The monoisotopic (exact) mass is 217 g/mol. The van der Waals surface area contributed by atoms with Crippen molar-refractivity contribution in [3.63, 3.8) is 0 Å². The maximum atomic E-state index is 12.3. The predicted molar refractivity (Wildman–Crippen MR) is 60.1 cm³/mol. The lowest BCUT2D eigenvalue weighted by atomic mass is 9.76. The van der Waals surface area contributed by atoms with E-state index in [1.165, 1.54) is 0 Å². The Balaban J connectivity index is 2.55. The number of carbonyl (C=O) groups excluding carboxylic acids is 1. The van der Waals surface area contributed by atoms with Crippen molar-refractivity contribution in [2.75, 3.05) is 7.05 Å². The van der Waals surface area contributed by atoms with Gasteiger partial charge in [0.2, 0.25) is 0 Å². The van der Waals surface area contributed by atoms with Gasteiger partial charge in [0.05, 0.1) is 5.69 Å². The van der Waals surface area contributed by atoms with Crippen LogP contribution in [-0.2, 0) is 6.54 Å². The molecule has 0 aromatic carbocycles. The van der Waals surface area contributed by atoms with E-state index < -0.39 is 5.41 Å². The summed E-state index contributed by atoms with van der Waals surface area (Å²) in [5.41, 5.74) is 0.780. The molecule has 2 heterocycles. The molecule has 0 aliphatic carbocycles. The fourth-order valence-electron chi connectivity index (χ4n) is 2.31. The number of rotatable bonds is 1. The molecular formula is C12H15N3O. The van der Waals surface area contributed by atoms with Gasteiger partial charge < -0.3 is 9.88 Å². The van der Waals surface area contributed by atoms with Crippen LogP contribution in [0.1, 0.15) is 30.0 Å². The molecule has 4 heteroatoms. The summed E-state index contributed by atoms with van der Waals surface area (Å²) < 4.78 is 1.80. The lowest BCUT2D eigenvalue weighted by Crippen LogP contribution is -2.52. The van der Waals surface area contributed by atoms with Gasteiger partial charge in [-0.2, -0.15) is 5.26 Å². The second kappa shape index (κ2) is 3.46. The first-order valence-electron chi connectivity index (χ1n) is 5.34. The van der Waals surface area contributed by atoms with Crippen molar-refractivity contribution in [3.8, 4) is 6.07 Å². The van der Waals surface area contributed by atoms with Crippen LogP contribution in [0.5, 0.6) is 0 Å². The minimum Gasteiger partial charge on any atom is -0.328 e. The molecule has 0 amide bonds. The van der Waals surface area contributed by atoms with Gasteiger partial charge in [0.1, 0.15) is 11.8 Å². The van der Waals surface area contributed by atoms with Crippen LogP contribution in [0.15, 0.2) is 12.1 Å². The fourth-order valence-corrected chi connectivity index (χ4v) is 2.31. The smallest absolute Gasteiger partial charge is 0.186 e. The van der Waals surface area contributed by atoms with Crippen molar-refractivity contribution in [3.05, 3.63) is 23.5 Å². The molecule has 16 heavy (non-hydrogen) atoms. The van der Waals surface area contributed by atoms with Gasteiger partial charge >= 0.3 is 0 Å². The van der Waals surface area contributed by atoms with Crippen LogP contribution in [0.4, 0.5) is 0 Å². The van der Waals surface area contributed by atoms with E-state index in [2.05, 4.69) is 11.4 Å². The van der Waals surface area contributed by atoms with Gasteiger partial charge in [-0.15, -0.1) is 0 Å². The quantitative estimate of drug-likeness (QED) is 0.768. The summed E-state index contributed by atoms with van der Waals surface area (Å²) in [7, 11) is 1.85. The maximum Gasteiger partial charge on any atom is 0.186 e. The number of hydrogen-bond donors (Lipinski definition) is 1. The molecule has 1 N–H and O–H groups in total. The normalized spacial score (nSPS) is 22.6. The number of nitrogens with one attached hydrogen (secondary N) is 1. The van der Waals surface area contributed by atoms with E-state index in [4.69, 9.17) is 5.26 Å². The summed E-state index contributed by atoms with van der Waals surface area (Å²) in [4.78, 5) is 12.3. The Morgan fingerprint density at radius 3 is 2.81 bits per heavy atom. The van der Waals surface area contributed by atoms with Crippen LogP contribution >= 0.6 is 0 Å². The zero-order valence-electron chi connectivity index (χ0n) is 9.74. The van der Waals surface area contributed by atoms with Gasteiger partial charge in [-0.1, -0.05) is 13.8 Å². The van der Waals surface area contributed by atoms with E-state index in [1.54, 1.807) is 16.7 Å². The second-order valence-electron chi connectivity index (χ2n) is 4.72. The van der Waals surface area contributed by atoms with E-state index in [9.17, 15) is 4.79 Å². The Bertz CT molecular complexity index is 479. The molecule has 1 aliphatic heterocycles. The van der Waals surface area contributed by atoms with E-state index in [-0.39, 0.29) is 11.8 Å². The molecule has 1 atom stereocenters. The molecule has 1 aromatic rings. The van der Waals surface area contributed by atoms with E-state index in [1.807, 2.05) is 20.9 Å². The molecule has 84 valence electrons. The standard InChI is InChI=1S/C12H15N3O/c1-12(2)10(14-3)7-15-8(6-13)4-5-9(15)11(12)16/h4-5,10,14H,7H2,1-3H3. The number of carbonyl (C=O) groups is 1. The van der Waals surface area contributed by atoms with Crippen LogP contribution < -0.4 is 5.32 Å². The first kappa shape index (κ1) is 10.9. The summed E-state index contributed by atoms with van der Waals surface area (Å²) in [6.45, 7) is 4.55. The molecule has 0 radical (unpaired) electrons. The average Bonchev–Trinajstić information content (AvgIpc) is 2.66. The molecule has 0 bridgehead atoms. The Kier molecular flexibility index (Phi) is 2.36. The molecule has 2 rings (SSSR count). The van der Waals surface area contributed by atoms with E-state index in [0.29, 0.717) is 17.9 Å². The van der Waals surface area contributed by atoms with Crippen molar-refractivity contribution < 1.29 is 4.79 Å². The van der Waals surface area contributed by atoms with Crippen molar-refractivity contribution in [2.24, 2.45) is 5.41 Å². The molecule has 0 saturated carbocycles. The molecule has 0 spiro atoms. The third-order valence-electron chi connectivity index (χ3n) is 3.50. The zero-order chi connectivity index (χ0) is 11.9. The molecule has 1 aromatic heterocycles.